The molecule has 2 unspecified atom stereocenters. The molecule has 1 fully saturated rings. The second-order valence-corrected chi connectivity index (χ2v) is 7.75. The Balaban J connectivity index is 0.00000312. The van der Waals surface area contributed by atoms with Gasteiger partial charge in [0.15, 0.2) is 0 Å². The van der Waals surface area contributed by atoms with Crippen LogP contribution in [-0.2, 0) is 16.2 Å². The zero-order chi connectivity index (χ0) is 18.1. The van der Waals surface area contributed by atoms with E-state index >= 15 is 0 Å². The lowest BCUT2D eigenvalue weighted by molar-refractivity contribution is -0.137. The maximum atomic E-state index is 12.9. The van der Waals surface area contributed by atoms with E-state index in [1.54, 1.807) is 6.92 Å². The highest BCUT2D eigenvalue weighted by molar-refractivity contribution is 7.89. The predicted octanol–water partition coefficient (Wildman–Crippen LogP) is 2.89. The van der Waals surface area contributed by atoms with E-state index in [2.05, 4.69) is 0 Å². The van der Waals surface area contributed by atoms with Crippen molar-refractivity contribution in [3.8, 4) is 6.07 Å². The van der Waals surface area contributed by atoms with Gasteiger partial charge in [0.2, 0.25) is 10.0 Å². The van der Waals surface area contributed by atoms with E-state index in [1.165, 1.54) is 10.4 Å². The zero-order valence-corrected chi connectivity index (χ0v) is 15.1. The summed E-state index contributed by atoms with van der Waals surface area (Å²) >= 11 is 0. The summed E-state index contributed by atoms with van der Waals surface area (Å²) in [4.78, 5) is -0.320. The first kappa shape index (κ1) is 21.7. The van der Waals surface area contributed by atoms with Gasteiger partial charge < -0.3 is 5.73 Å². The first-order valence-corrected chi connectivity index (χ1v) is 8.92. The second-order valence-electron chi connectivity index (χ2n) is 5.85. The maximum absolute atomic E-state index is 12.9. The average Bonchev–Trinajstić information content (AvgIpc) is 2.53. The van der Waals surface area contributed by atoms with Gasteiger partial charge in [0.05, 0.1) is 22.1 Å². The molecule has 0 radical (unpaired) electrons. The molecule has 1 aromatic carbocycles. The molecule has 0 aromatic heterocycles. The molecule has 1 heterocycles. The molecule has 2 atom stereocenters. The maximum Gasteiger partial charge on any atom is 0.417 e. The minimum Gasteiger partial charge on any atom is -0.326 e. The van der Waals surface area contributed by atoms with E-state index < -0.39 is 39.4 Å². The Bertz CT molecular complexity index is 760. The minimum atomic E-state index is -4.72. The van der Waals surface area contributed by atoms with Gasteiger partial charge in [0.1, 0.15) is 0 Å². The first-order chi connectivity index (χ1) is 11.1. The standard InChI is InChI=1S/C15H18F3N3O2S.ClH/c1-10(20)14-4-2-3-7-21(14)24(22,23)12-5-6-13(15(16,17)18)11(8-12)9-19;/h5-6,8,10,14H,2-4,7,20H2,1H3;1H. The molecule has 1 aliphatic heterocycles. The normalized spacial score (nSPS) is 20.4. The van der Waals surface area contributed by atoms with Crippen molar-refractivity contribution < 1.29 is 21.6 Å². The van der Waals surface area contributed by atoms with Crippen molar-refractivity contribution in [2.45, 2.75) is 49.3 Å². The molecule has 140 valence electrons. The van der Waals surface area contributed by atoms with E-state index in [0.717, 1.165) is 18.6 Å². The van der Waals surface area contributed by atoms with Gasteiger partial charge >= 0.3 is 6.18 Å². The topological polar surface area (TPSA) is 87.2 Å². The number of benzene rings is 1. The fourth-order valence-electron chi connectivity index (χ4n) is 2.91. The molecule has 5 nitrogen and oxygen atoms in total. The number of piperidine rings is 1. The highest BCUT2D eigenvalue weighted by Gasteiger charge is 2.38. The van der Waals surface area contributed by atoms with Crippen LogP contribution in [0.4, 0.5) is 13.2 Å². The molecule has 0 spiro atoms. The zero-order valence-electron chi connectivity index (χ0n) is 13.5. The summed E-state index contributed by atoms with van der Waals surface area (Å²) in [6.07, 6.45) is -2.61. The van der Waals surface area contributed by atoms with Gasteiger partial charge in [0.25, 0.3) is 0 Å². The van der Waals surface area contributed by atoms with Gasteiger partial charge in [-0.3, -0.25) is 0 Å². The smallest absolute Gasteiger partial charge is 0.326 e. The Morgan fingerprint density at radius 1 is 1.36 bits per heavy atom. The third-order valence-electron chi connectivity index (χ3n) is 4.13. The molecular weight excluding hydrogens is 379 g/mol. The second kappa shape index (κ2) is 7.91. The van der Waals surface area contributed by atoms with E-state index in [1.807, 2.05) is 0 Å². The summed E-state index contributed by atoms with van der Waals surface area (Å²) in [5, 5.41) is 8.94. The van der Waals surface area contributed by atoms with Crippen molar-refractivity contribution in [2.24, 2.45) is 5.73 Å². The van der Waals surface area contributed by atoms with Gasteiger partial charge in [-0.05, 0) is 38.0 Å². The van der Waals surface area contributed by atoms with Crippen molar-refractivity contribution in [1.82, 2.24) is 4.31 Å². The third-order valence-corrected chi connectivity index (χ3v) is 6.05. The van der Waals surface area contributed by atoms with Crippen LogP contribution in [0.2, 0.25) is 0 Å². The van der Waals surface area contributed by atoms with E-state index in [4.69, 9.17) is 11.0 Å². The number of rotatable bonds is 3. The van der Waals surface area contributed by atoms with Crippen LogP contribution in [0.25, 0.3) is 0 Å². The van der Waals surface area contributed by atoms with Gasteiger partial charge in [0, 0.05) is 18.6 Å². The van der Waals surface area contributed by atoms with Gasteiger partial charge in [-0.25, -0.2) is 8.42 Å². The Morgan fingerprint density at radius 3 is 2.52 bits per heavy atom. The number of hydrogen-bond acceptors (Lipinski definition) is 4. The molecule has 1 aromatic rings. The van der Waals surface area contributed by atoms with Crippen LogP contribution in [0.1, 0.15) is 37.3 Å². The highest BCUT2D eigenvalue weighted by Crippen LogP contribution is 2.34. The summed E-state index contributed by atoms with van der Waals surface area (Å²) in [5.41, 5.74) is 4.01. The summed E-state index contributed by atoms with van der Waals surface area (Å²) in [7, 11) is -4.02. The monoisotopic (exact) mass is 397 g/mol. The van der Waals surface area contributed by atoms with Crippen LogP contribution >= 0.6 is 12.4 Å². The fourth-order valence-corrected chi connectivity index (χ4v) is 4.71. The van der Waals surface area contributed by atoms with E-state index in [0.29, 0.717) is 18.9 Å². The third kappa shape index (κ3) is 4.44. The molecule has 1 saturated heterocycles. The van der Waals surface area contributed by atoms with Gasteiger partial charge in [-0.15, -0.1) is 12.4 Å². The molecule has 25 heavy (non-hydrogen) atoms. The molecule has 0 amide bonds. The Morgan fingerprint density at radius 2 is 2.00 bits per heavy atom. The largest absolute Gasteiger partial charge is 0.417 e. The molecule has 1 aliphatic rings. The number of nitrogens with zero attached hydrogens (tertiary/aromatic N) is 2. The average molecular weight is 398 g/mol. The number of hydrogen-bond donors (Lipinski definition) is 1. The van der Waals surface area contributed by atoms with Crippen molar-refractivity contribution in [3.05, 3.63) is 29.3 Å². The summed E-state index contributed by atoms with van der Waals surface area (Å²) in [6, 6.07) is 2.93. The van der Waals surface area contributed by atoms with Crippen LogP contribution in [0, 0.1) is 11.3 Å². The molecule has 10 heteroatoms. The highest BCUT2D eigenvalue weighted by atomic mass is 35.5. The molecule has 2 rings (SSSR count). The Labute approximate surface area is 151 Å². The van der Waals surface area contributed by atoms with Crippen molar-refractivity contribution in [1.29, 1.82) is 5.26 Å². The van der Waals surface area contributed by atoms with Crippen LogP contribution in [0.15, 0.2) is 23.1 Å². The number of nitrogens with two attached hydrogens (primary N) is 1. The fraction of sp³-hybridized carbons (Fsp3) is 0.533. The summed E-state index contributed by atoms with van der Waals surface area (Å²) < 4.78 is 65.4. The first-order valence-electron chi connectivity index (χ1n) is 7.48. The quantitative estimate of drug-likeness (QED) is 0.849. The molecule has 0 saturated carbocycles. The molecule has 0 bridgehead atoms. The SMILES string of the molecule is CC(N)C1CCCCN1S(=O)(=O)c1ccc(C(F)(F)F)c(C#N)c1.Cl. The lowest BCUT2D eigenvalue weighted by Crippen LogP contribution is -2.51. The number of nitriles is 1. The number of alkyl halides is 3. The van der Waals surface area contributed by atoms with Crippen LogP contribution in [0.5, 0.6) is 0 Å². The van der Waals surface area contributed by atoms with E-state index in [-0.39, 0.29) is 23.8 Å². The van der Waals surface area contributed by atoms with Crippen molar-refractivity contribution in [3.63, 3.8) is 0 Å². The minimum absolute atomic E-state index is 0. The lowest BCUT2D eigenvalue weighted by atomic mass is 10.00. The molecule has 0 aliphatic carbocycles. The van der Waals surface area contributed by atoms with Crippen LogP contribution < -0.4 is 5.73 Å². The number of sulfonamides is 1. The van der Waals surface area contributed by atoms with Crippen molar-refractivity contribution >= 4 is 22.4 Å². The number of halogens is 4. The van der Waals surface area contributed by atoms with Gasteiger partial charge in [-0.2, -0.15) is 22.7 Å². The predicted molar refractivity (Wildman–Crippen MR) is 88.6 cm³/mol. The summed E-state index contributed by atoms with van der Waals surface area (Å²) in [6.45, 7) is 1.96. The van der Waals surface area contributed by atoms with Crippen molar-refractivity contribution in [2.75, 3.05) is 6.54 Å². The Kier molecular flexibility index (Phi) is 6.87. The van der Waals surface area contributed by atoms with Gasteiger partial charge in [-0.1, -0.05) is 6.42 Å². The van der Waals surface area contributed by atoms with Crippen LogP contribution in [-0.4, -0.2) is 31.4 Å². The molecular formula is C15H19ClF3N3O2S. The lowest BCUT2D eigenvalue weighted by Gasteiger charge is -2.36. The summed E-state index contributed by atoms with van der Waals surface area (Å²) in [5.74, 6) is 0. The Hall–Kier alpha value is -1.34. The van der Waals surface area contributed by atoms with Crippen LogP contribution in [0.3, 0.4) is 0 Å². The van der Waals surface area contributed by atoms with E-state index in [9.17, 15) is 21.6 Å². The molecule has 2 N–H and O–H groups in total.